The first-order chi connectivity index (χ1) is 15.7. The highest BCUT2D eigenvalue weighted by atomic mass is 32.1. The fourth-order valence-electron chi connectivity index (χ4n) is 4.97. The molecule has 6 rings (SSSR count). The van der Waals surface area contributed by atoms with Crippen LogP contribution in [-0.2, 0) is 24.1 Å². The summed E-state index contributed by atoms with van der Waals surface area (Å²) in [5, 5.41) is 5.67. The Balaban J connectivity index is 1.25. The highest BCUT2D eigenvalue weighted by Crippen LogP contribution is 2.33. The van der Waals surface area contributed by atoms with E-state index in [1.807, 2.05) is 12.1 Å². The lowest BCUT2D eigenvalue weighted by molar-refractivity contribution is 0.184. The van der Waals surface area contributed by atoms with Crippen LogP contribution in [0.4, 0.5) is 0 Å². The zero-order valence-corrected chi connectivity index (χ0v) is 18.7. The maximum absolute atomic E-state index is 13.4. The predicted molar refractivity (Wildman–Crippen MR) is 127 cm³/mol. The van der Waals surface area contributed by atoms with Gasteiger partial charge in [0.05, 0.1) is 30.4 Å². The summed E-state index contributed by atoms with van der Waals surface area (Å²) in [6, 6.07) is 10.6. The van der Waals surface area contributed by atoms with Crippen LogP contribution in [0.5, 0.6) is 0 Å². The molecule has 32 heavy (non-hydrogen) atoms. The summed E-state index contributed by atoms with van der Waals surface area (Å²) in [5.74, 6) is 0.637. The minimum absolute atomic E-state index is 0.0723. The molecule has 6 nitrogen and oxygen atoms in total. The highest BCUT2D eigenvalue weighted by molar-refractivity contribution is 7.18. The smallest absolute Gasteiger partial charge is 0.262 e. The number of ether oxygens (including phenoxy) is 1. The lowest BCUT2D eigenvalue weighted by Gasteiger charge is -2.24. The number of nitrogens with one attached hydrogen (secondary N) is 1. The molecule has 1 saturated heterocycles. The second kappa shape index (κ2) is 8.39. The Labute approximate surface area is 190 Å². The molecule has 1 fully saturated rings. The maximum atomic E-state index is 13.4. The largest absolute Gasteiger partial charge is 0.381 e. The first-order valence-electron chi connectivity index (χ1n) is 11.4. The van der Waals surface area contributed by atoms with Crippen LogP contribution in [0.3, 0.4) is 0 Å². The van der Waals surface area contributed by atoms with Crippen molar-refractivity contribution in [1.29, 1.82) is 0 Å². The Morgan fingerprint density at radius 3 is 3.09 bits per heavy atom. The number of aromatic nitrogens is 3. The number of thiophene rings is 1. The Bertz CT molecular complexity index is 1340. The lowest BCUT2D eigenvalue weighted by atomic mass is 9.92. The van der Waals surface area contributed by atoms with Gasteiger partial charge in [0.2, 0.25) is 0 Å². The van der Waals surface area contributed by atoms with Crippen molar-refractivity contribution in [2.24, 2.45) is 5.92 Å². The fourth-order valence-corrected chi connectivity index (χ4v) is 6.23. The van der Waals surface area contributed by atoms with Crippen LogP contribution in [0.2, 0.25) is 0 Å². The summed E-state index contributed by atoms with van der Waals surface area (Å²) in [4.78, 5) is 24.7. The van der Waals surface area contributed by atoms with E-state index < -0.39 is 0 Å². The lowest BCUT2D eigenvalue weighted by Crippen LogP contribution is -2.37. The van der Waals surface area contributed by atoms with E-state index in [9.17, 15) is 4.79 Å². The summed E-state index contributed by atoms with van der Waals surface area (Å²) in [5.41, 5.74) is 3.30. The van der Waals surface area contributed by atoms with Crippen molar-refractivity contribution < 1.29 is 4.74 Å². The van der Waals surface area contributed by atoms with E-state index in [2.05, 4.69) is 33.5 Å². The third-order valence-corrected chi connectivity index (χ3v) is 7.94. The van der Waals surface area contributed by atoms with Gasteiger partial charge in [0, 0.05) is 35.7 Å². The van der Waals surface area contributed by atoms with E-state index in [0.717, 1.165) is 72.1 Å². The van der Waals surface area contributed by atoms with Gasteiger partial charge in [-0.3, -0.25) is 14.3 Å². The molecule has 4 heterocycles. The summed E-state index contributed by atoms with van der Waals surface area (Å²) >= 11 is 1.69. The van der Waals surface area contributed by atoms with Crippen molar-refractivity contribution in [1.82, 2.24) is 19.9 Å². The van der Waals surface area contributed by atoms with Gasteiger partial charge < -0.3 is 10.1 Å². The number of benzene rings is 1. The highest BCUT2D eigenvalue weighted by Gasteiger charge is 2.26. The van der Waals surface area contributed by atoms with E-state index in [4.69, 9.17) is 4.74 Å². The van der Waals surface area contributed by atoms with Gasteiger partial charge in [-0.2, -0.15) is 0 Å². The van der Waals surface area contributed by atoms with Crippen molar-refractivity contribution in [3.8, 4) is 0 Å². The van der Waals surface area contributed by atoms with Crippen molar-refractivity contribution in [2.45, 2.75) is 38.3 Å². The molecule has 0 amide bonds. The molecule has 4 aromatic rings. The molecule has 2 aliphatic rings. The summed E-state index contributed by atoms with van der Waals surface area (Å²) in [7, 11) is 0. The molecular formula is C25H26N4O2S. The zero-order valence-electron chi connectivity index (χ0n) is 17.9. The number of nitrogens with zero attached hydrogens (tertiary/aromatic N) is 3. The van der Waals surface area contributed by atoms with Gasteiger partial charge in [-0.1, -0.05) is 18.2 Å². The molecule has 2 unspecified atom stereocenters. The monoisotopic (exact) mass is 446 g/mol. The first-order valence-corrected chi connectivity index (χ1v) is 12.2. The standard InChI is InChI=1S/C25H26N4O2S/c30-25-23-20-6-5-19(27-12-17-7-9-31-14-17)11-22(20)32-24(23)28-15-29(25)13-16-3-4-18-2-1-8-26-21(18)10-16/h1-4,8,10,15,17,19,27H,5-7,9,11-14H2. The number of hydrogen-bond acceptors (Lipinski definition) is 6. The van der Waals surface area contributed by atoms with E-state index in [-0.39, 0.29) is 5.56 Å². The van der Waals surface area contributed by atoms with Crippen molar-refractivity contribution in [3.63, 3.8) is 0 Å². The molecule has 1 aliphatic carbocycles. The molecule has 1 aliphatic heterocycles. The van der Waals surface area contributed by atoms with Crippen molar-refractivity contribution in [2.75, 3.05) is 19.8 Å². The van der Waals surface area contributed by atoms with Crippen LogP contribution in [0.15, 0.2) is 47.7 Å². The first kappa shape index (κ1) is 20.0. The SMILES string of the molecule is O=c1c2c3c(sc2ncn1Cc1ccc2cccnc2c1)CC(NCC1CCOC1)CC3. The molecule has 1 aromatic carbocycles. The normalized spacial score (nSPS) is 20.8. The maximum Gasteiger partial charge on any atom is 0.262 e. The van der Waals surface area contributed by atoms with Crippen molar-refractivity contribution in [3.05, 3.63) is 69.2 Å². The third kappa shape index (κ3) is 3.74. The number of fused-ring (bicyclic) bond motifs is 4. The van der Waals surface area contributed by atoms with E-state index in [1.165, 1.54) is 10.4 Å². The van der Waals surface area contributed by atoms with Crippen LogP contribution >= 0.6 is 11.3 Å². The number of aryl methyl sites for hydroxylation is 1. The van der Waals surface area contributed by atoms with E-state index >= 15 is 0 Å². The second-order valence-electron chi connectivity index (χ2n) is 8.97. The topological polar surface area (TPSA) is 69.0 Å². The van der Waals surface area contributed by atoms with Gasteiger partial charge in [-0.15, -0.1) is 11.3 Å². The van der Waals surface area contributed by atoms with Gasteiger partial charge >= 0.3 is 0 Å². The Kier molecular flexibility index (Phi) is 5.25. The van der Waals surface area contributed by atoms with Crippen molar-refractivity contribution >= 4 is 32.5 Å². The van der Waals surface area contributed by atoms with Crippen LogP contribution in [0, 0.1) is 5.92 Å². The molecule has 0 spiro atoms. The number of pyridine rings is 1. The van der Waals surface area contributed by atoms with E-state index in [0.29, 0.717) is 18.5 Å². The molecule has 7 heteroatoms. The Morgan fingerprint density at radius 2 is 2.19 bits per heavy atom. The van der Waals surface area contributed by atoms with Crippen LogP contribution in [-0.4, -0.2) is 40.3 Å². The molecule has 3 aromatic heterocycles. The molecular weight excluding hydrogens is 420 g/mol. The molecule has 0 saturated carbocycles. The summed E-state index contributed by atoms with van der Waals surface area (Å²) in [6.45, 7) is 3.30. The predicted octanol–water partition coefficient (Wildman–Crippen LogP) is 3.54. The molecule has 2 atom stereocenters. The van der Waals surface area contributed by atoms with Gasteiger partial charge in [0.15, 0.2) is 0 Å². The second-order valence-corrected chi connectivity index (χ2v) is 10.1. The number of hydrogen-bond donors (Lipinski definition) is 1. The average Bonchev–Trinajstić information content (AvgIpc) is 3.47. The zero-order chi connectivity index (χ0) is 21.5. The Morgan fingerprint density at radius 1 is 1.22 bits per heavy atom. The van der Waals surface area contributed by atoms with Gasteiger partial charge in [-0.25, -0.2) is 4.98 Å². The minimum Gasteiger partial charge on any atom is -0.381 e. The minimum atomic E-state index is 0.0723. The molecule has 0 bridgehead atoms. The van der Waals surface area contributed by atoms with Gasteiger partial charge in [0.25, 0.3) is 5.56 Å². The molecule has 0 radical (unpaired) electrons. The molecule has 164 valence electrons. The third-order valence-electron chi connectivity index (χ3n) is 6.78. The van der Waals surface area contributed by atoms with Crippen LogP contribution in [0.1, 0.15) is 28.8 Å². The average molecular weight is 447 g/mol. The Hall–Kier alpha value is -2.61. The van der Waals surface area contributed by atoms with Crippen LogP contribution in [0.25, 0.3) is 21.1 Å². The fraction of sp³-hybridized carbons (Fsp3) is 0.400. The van der Waals surface area contributed by atoms with E-state index in [1.54, 1.807) is 28.4 Å². The van der Waals surface area contributed by atoms with Gasteiger partial charge in [-0.05, 0) is 54.9 Å². The summed E-state index contributed by atoms with van der Waals surface area (Å²) in [6.07, 6.45) is 7.65. The molecule has 1 N–H and O–H groups in total. The quantitative estimate of drug-likeness (QED) is 0.508. The summed E-state index contributed by atoms with van der Waals surface area (Å²) < 4.78 is 7.23. The van der Waals surface area contributed by atoms with Gasteiger partial charge in [0.1, 0.15) is 4.83 Å². The number of rotatable bonds is 5. The van der Waals surface area contributed by atoms with Crippen LogP contribution < -0.4 is 10.9 Å².